The molecule has 0 saturated heterocycles. The molecule has 0 fully saturated rings. The van der Waals surface area contributed by atoms with E-state index in [2.05, 4.69) is 0 Å². The molecule has 2 nitrogen and oxygen atoms in total. The van der Waals surface area contributed by atoms with Crippen molar-refractivity contribution in [2.45, 2.75) is 26.2 Å². The van der Waals surface area contributed by atoms with Crippen molar-refractivity contribution in [3.8, 4) is 0 Å². The standard InChI is InChI=1S/C13H17ClFNO/c1-2-3-9(8-16)13(17)7-10-6-11(14)4-5-12(10)15/h4-6,9H,2-3,7-8,16H2,1H3. The Labute approximate surface area is 106 Å². The molecule has 0 spiro atoms. The summed E-state index contributed by atoms with van der Waals surface area (Å²) in [7, 11) is 0. The summed E-state index contributed by atoms with van der Waals surface area (Å²) in [5.41, 5.74) is 5.89. The molecular formula is C13H17ClFNO. The second-order valence-corrected chi connectivity index (χ2v) is 4.54. The van der Waals surface area contributed by atoms with Crippen molar-refractivity contribution in [1.82, 2.24) is 0 Å². The van der Waals surface area contributed by atoms with E-state index >= 15 is 0 Å². The van der Waals surface area contributed by atoms with Crippen molar-refractivity contribution < 1.29 is 9.18 Å². The highest BCUT2D eigenvalue weighted by atomic mass is 35.5. The molecule has 94 valence electrons. The first kappa shape index (κ1) is 14.1. The van der Waals surface area contributed by atoms with Crippen LogP contribution in [0.25, 0.3) is 0 Å². The largest absolute Gasteiger partial charge is 0.330 e. The van der Waals surface area contributed by atoms with Crippen molar-refractivity contribution in [2.75, 3.05) is 6.54 Å². The summed E-state index contributed by atoms with van der Waals surface area (Å²) in [6, 6.07) is 4.24. The summed E-state index contributed by atoms with van der Waals surface area (Å²) in [6.45, 7) is 2.31. The summed E-state index contributed by atoms with van der Waals surface area (Å²) < 4.78 is 13.4. The van der Waals surface area contributed by atoms with E-state index in [0.29, 0.717) is 17.1 Å². The molecule has 1 atom stereocenters. The van der Waals surface area contributed by atoms with Gasteiger partial charge in [0, 0.05) is 23.9 Å². The lowest BCUT2D eigenvalue weighted by atomic mass is 9.94. The molecule has 1 unspecified atom stereocenters. The molecule has 0 aromatic heterocycles. The number of benzene rings is 1. The zero-order chi connectivity index (χ0) is 12.8. The Hall–Kier alpha value is -0.930. The Bertz CT molecular complexity index is 395. The van der Waals surface area contributed by atoms with Gasteiger partial charge in [-0.2, -0.15) is 0 Å². The summed E-state index contributed by atoms with van der Waals surface area (Å²) in [5.74, 6) is -0.594. The molecule has 0 saturated carbocycles. The van der Waals surface area contributed by atoms with E-state index < -0.39 is 5.82 Å². The van der Waals surface area contributed by atoms with Crippen LogP contribution in [-0.4, -0.2) is 12.3 Å². The summed E-state index contributed by atoms with van der Waals surface area (Å²) in [5, 5.41) is 0.439. The number of nitrogens with two attached hydrogens (primary N) is 1. The lowest BCUT2D eigenvalue weighted by molar-refractivity contribution is -0.122. The van der Waals surface area contributed by atoms with Gasteiger partial charge in [0.05, 0.1) is 0 Å². The van der Waals surface area contributed by atoms with E-state index in [0.717, 1.165) is 12.8 Å². The van der Waals surface area contributed by atoms with E-state index in [4.69, 9.17) is 17.3 Å². The Balaban J connectivity index is 2.76. The van der Waals surface area contributed by atoms with Crippen molar-refractivity contribution in [2.24, 2.45) is 11.7 Å². The van der Waals surface area contributed by atoms with Crippen LogP contribution in [-0.2, 0) is 11.2 Å². The predicted octanol–water partition coefficient (Wildman–Crippen LogP) is 2.97. The van der Waals surface area contributed by atoms with Crippen LogP contribution in [0.1, 0.15) is 25.3 Å². The first-order valence-electron chi connectivity index (χ1n) is 5.75. The van der Waals surface area contributed by atoms with Crippen molar-refractivity contribution >= 4 is 17.4 Å². The van der Waals surface area contributed by atoms with E-state index in [9.17, 15) is 9.18 Å². The number of ketones is 1. The highest BCUT2D eigenvalue weighted by Crippen LogP contribution is 2.18. The van der Waals surface area contributed by atoms with E-state index in [1.807, 2.05) is 6.92 Å². The van der Waals surface area contributed by atoms with Crippen LogP contribution in [0, 0.1) is 11.7 Å². The Morgan fingerprint density at radius 3 is 2.82 bits per heavy atom. The molecule has 1 aromatic rings. The van der Waals surface area contributed by atoms with Crippen LogP contribution >= 0.6 is 11.6 Å². The normalized spacial score (nSPS) is 12.5. The van der Waals surface area contributed by atoms with Crippen molar-refractivity contribution in [1.29, 1.82) is 0 Å². The van der Waals surface area contributed by atoms with Gasteiger partial charge in [0.25, 0.3) is 0 Å². The highest BCUT2D eigenvalue weighted by molar-refractivity contribution is 6.30. The highest BCUT2D eigenvalue weighted by Gasteiger charge is 2.17. The number of carbonyl (C=O) groups is 1. The van der Waals surface area contributed by atoms with Gasteiger partial charge in [0.15, 0.2) is 0 Å². The van der Waals surface area contributed by atoms with Gasteiger partial charge in [-0.15, -0.1) is 0 Å². The fraction of sp³-hybridized carbons (Fsp3) is 0.462. The van der Waals surface area contributed by atoms with Gasteiger partial charge in [-0.25, -0.2) is 4.39 Å². The van der Waals surface area contributed by atoms with Crippen LogP contribution in [0.2, 0.25) is 5.02 Å². The number of hydrogen-bond donors (Lipinski definition) is 1. The minimum absolute atomic E-state index is 0.0180. The molecule has 0 radical (unpaired) electrons. The summed E-state index contributed by atoms with van der Waals surface area (Å²) in [4.78, 5) is 11.9. The van der Waals surface area contributed by atoms with Crippen LogP contribution in [0.3, 0.4) is 0 Å². The first-order chi connectivity index (χ1) is 8.08. The van der Waals surface area contributed by atoms with E-state index in [1.54, 1.807) is 0 Å². The quantitative estimate of drug-likeness (QED) is 0.851. The van der Waals surface area contributed by atoms with Crippen LogP contribution < -0.4 is 5.73 Å². The maximum Gasteiger partial charge on any atom is 0.141 e. The monoisotopic (exact) mass is 257 g/mol. The molecule has 0 aliphatic heterocycles. The minimum atomic E-state index is -0.394. The molecule has 1 aromatic carbocycles. The van der Waals surface area contributed by atoms with Gasteiger partial charge in [0.2, 0.25) is 0 Å². The van der Waals surface area contributed by atoms with Gasteiger partial charge in [-0.3, -0.25) is 4.79 Å². The number of carbonyl (C=O) groups excluding carboxylic acids is 1. The van der Waals surface area contributed by atoms with Crippen LogP contribution in [0.5, 0.6) is 0 Å². The van der Waals surface area contributed by atoms with Crippen LogP contribution in [0.4, 0.5) is 4.39 Å². The van der Waals surface area contributed by atoms with Crippen LogP contribution in [0.15, 0.2) is 18.2 Å². The Morgan fingerprint density at radius 2 is 2.24 bits per heavy atom. The molecule has 0 bridgehead atoms. The maximum absolute atomic E-state index is 13.4. The summed E-state index contributed by atoms with van der Waals surface area (Å²) >= 11 is 5.77. The van der Waals surface area contributed by atoms with Gasteiger partial charge in [0.1, 0.15) is 11.6 Å². The lowest BCUT2D eigenvalue weighted by Gasteiger charge is -2.12. The van der Waals surface area contributed by atoms with E-state index in [-0.39, 0.29) is 18.1 Å². The van der Waals surface area contributed by atoms with Gasteiger partial charge >= 0.3 is 0 Å². The second-order valence-electron chi connectivity index (χ2n) is 4.10. The average Bonchev–Trinajstić information content (AvgIpc) is 2.30. The topological polar surface area (TPSA) is 43.1 Å². The third-order valence-corrected chi connectivity index (χ3v) is 2.98. The minimum Gasteiger partial charge on any atom is -0.330 e. The fourth-order valence-electron chi connectivity index (χ4n) is 1.77. The number of Topliss-reactive ketones (excluding diaryl/α,β-unsaturated/α-hetero) is 1. The van der Waals surface area contributed by atoms with Gasteiger partial charge in [-0.05, 0) is 30.2 Å². The maximum atomic E-state index is 13.4. The smallest absolute Gasteiger partial charge is 0.141 e. The molecule has 2 N–H and O–H groups in total. The Kier molecular flexibility index (Phi) is 5.59. The molecule has 4 heteroatoms. The van der Waals surface area contributed by atoms with E-state index in [1.165, 1.54) is 18.2 Å². The molecule has 0 heterocycles. The third-order valence-electron chi connectivity index (χ3n) is 2.75. The molecule has 17 heavy (non-hydrogen) atoms. The van der Waals surface area contributed by atoms with Crippen molar-refractivity contribution in [3.05, 3.63) is 34.6 Å². The van der Waals surface area contributed by atoms with Gasteiger partial charge < -0.3 is 5.73 Å². The summed E-state index contributed by atoms with van der Waals surface area (Å²) in [6.07, 6.45) is 1.71. The third kappa shape index (κ3) is 4.10. The SMILES string of the molecule is CCCC(CN)C(=O)Cc1cc(Cl)ccc1F. The molecule has 0 aliphatic rings. The lowest BCUT2D eigenvalue weighted by Crippen LogP contribution is -2.25. The number of hydrogen-bond acceptors (Lipinski definition) is 2. The molecular weight excluding hydrogens is 241 g/mol. The predicted molar refractivity (Wildman–Crippen MR) is 67.6 cm³/mol. The fourth-order valence-corrected chi connectivity index (χ4v) is 1.96. The first-order valence-corrected chi connectivity index (χ1v) is 6.13. The molecule has 0 amide bonds. The molecule has 1 rings (SSSR count). The molecule has 0 aliphatic carbocycles. The second kappa shape index (κ2) is 6.72. The number of halogens is 2. The zero-order valence-electron chi connectivity index (χ0n) is 9.88. The average molecular weight is 258 g/mol. The van der Waals surface area contributed by atoms with Gasteiger partial charge in [-0.1, -0.05) is 24.9 Å². The zero-order valence-corrected chi connectivity index (χ0v) is 10.6. The van der Waals surface area contributed by atoms with Crippen molar-refractivity contribution in [3.63, 3.8) is 0 Å². The number of rotatable bonds is 6. The Morgan fingerprint density at radius 1 is 1.53 bits per heavy atom.